The van der Waals surface area contributed by atoms with E-state index in [0.717, 1.165) is 42.4 Å². The molecule has 3 aromatic rings. The van der Waals surface area contributed by atoms with E-state index in [1.807, 2.05) is 43.3 Å². The van der Waals surface area contributed by atoms with E-state index in [9.17, 15) is 14.9 Å². The van der Waals surface area contributed by atoms with Crippen molar-refractivity contribution in [2.24, 2.45) is 0 Å². The molecule has 1 fully saturated rings. The minimum absolute atomic E-state index is 0.00327. The van der Waals surface area contributed by atoms with Gasteiger partial charge in [0, 0.05) is 49.9 Å². The van der Waals surface area contributed by atoms with Crippen molar-refractivity contribution >= 4 is 34.3 Å². The zero-order valence-corrected chi connectivity index (χ0v) is 18.0. The molecule has 2 N–H and O–H groups in total. The minimum Gasteiger partial charge on any atom is -0.362 e. The summed E-state index contributed by atoms with van der Waals surface area (Å²) in [5.41, 5.74) is 0.796. The summed E-state index contributed by atoms with van der Waals surface area (Å²) in [7, 11) is 3.92. The van der Waals surface area contributed by atoms with Gasteiger partial charge in [-0.3, -0.25) is 19.9 Å². The fraction of sp³-hybridized carbons (Fsp3) is 0.364. The number of hydrogen-bond acceptors (Lipinski definition) is 8. The number of pyridine rings is 1. The van der Waals surface area contributed by atoms with Crippen molar-refractivity contribution in [3.63, 3.8) is 0 Å². The molecule has 0 bridgehead atoms. The van der Waals surface area contributed by atoms with E-state index in [-0.39, 0.29) is 23.5 Å². The highest BCUT2D eigenvalue weighted by Gasteiger charge is 2.24. The molecule has 32 heavy (non-hydrogen) atoms. The summed E-state index contributed by atoms with van der Waals surface area (Å²) < 4.78 is 0. The second-order valence-electron chi connectivity index (χ2n) is 8.11. The van der Waals surface area contributed by atoms with Crippen molar-refractivity contribution in [1.29, 1.82) is 0 Å². The predicted molar refractivity (Wildman–Crippen MR) is 122 cm³/mol. The monoisotopic (exact) mass is 435 g/mol. The summed E-state index contributed by atoms with van der Waals surface area (Å²) in [5, 5.41) is 18.3. The van der Waals surface area contributed by atoms with Crippen LogP contribution < -0.4 is 15.5 Å². The number of aromatic nitrogens is 3. The van der Waals surface area contributed by atoms with Crippen LogP contribution in [0, 0.1) is 10.1 Å². The summed E-state index contributed by atoms with van der Waals surface area (Å²) in [6.07, 6.45) is 4.54. The van der Waals surface area contributed by atoms with E-state index in [0.29, 0.717) is 5.95 Å². The van der Waals surface area contributed by atoms with Crippen LogP contribution in [-0.2, 0) is 0 Å². The Balaban J connectivity index is 1.37. The van der Waals surface area contributed by atoms with Gasteiger partial charge in [0.25, 0.3) is 11.6 Å². The first-order valence-electron chi connectivity index (χ1n) is 10.5. The van der Waals surface area contributed by atoms with E-state index in [1.54, 1.807) is 0 Å². The van der Waals surface area contributed by atoms with Gasteiger partial charge in [0.1, 0.15) is 11.5 Å². The highest BCUT2D eigenvalue weighted by Crippen LogP contribution is 2.26. The van der Waals surface area contributed by atoms with Crippen molar-refractivity contribution in [1.82, 2.24) is 20.3 Å². The Kier molecular flexibility index (Phi) is 6.11. The Morgan fingerprint density at radius 3 is 2.53 bits per heavy atom. The third kappa shape index (κ3) is 4.74. The standard InChI is InChI=1S/C22H25N7O3/c1-28(2)20-17-5-3-4-6-18(17)26-22(27-20)25-15-9-7-14(8-10-15)24-21(30)19-13-16(29(31)32)11-12-23-19/h3-6,11-15H,7-10H2,1-2H3,(H,24,30)(H,25,26,27). The van der Waals surface area contributed by atoms with Crippen molar-refractivity contribution in [2.45, 2.75) is 37.8 Å². The molecule has 0 unspecified atom stereocenters. The molecule has 1 aromatic carbocycles. The molecule has 0 atom stereocenters. The maximum absolute atomic E-state index is 12.4. The van der Waals surface area contributed by atoms with Gasteiger partial charge in [-0.15, -0.1) is 0 Å². The fourth-order valence-electron chi connectivity index (χ4n) is 3.95. The molecular weight excluding hydrogens is 410 g/mol. The van der Waals surface area contributed by atoms with Gasteiger partial charge in [-0.2, -0.15) is 4.98 Å². The number of carbonyl (C=O) groups is 1. The van der Waals surface area contributed by atoms with Crippen LogP contribution in [0.2, 0.25) is 0 Å². The van der Waals surface area contributed by atoms with Crippen molar-refractivity contribution in [2.75, 3.05) is 24.3 Å². The Morgan fingerprint density at radius 2 is 1.81 bits per heavy atom. The molecule has 10 nitrogen and oxygen atoms in total. The Hall–Kier alpha value is -3.82. The predicted octanol–water partition coefficient (Wildman–Crippen LogP) is 3.15. The van der Waals surface area contributed by atoms with Gasteiger partial charge in [0.2, 0.25) is 5.95 Å². The number of benzene rings is 1. The Bertz CT molecular complexity index is 1140. The van der Waals surface area contributed by atoms with Gasteiger partial charge in [0.15, 0.2) is 0 Å². The van der Waals surface area contributed by atoms with Crippen LogP contribution in [0.25, 0.3) is 10.9 Å². The average molecular weight is 435 g/mol. The molecule has 1 aliphatic carbocycles. The van der Waals surface area contributed by atoms with Crippen molar-refractivity contribution in [3.8, 4) is 0 Å². The molecule has 166 valence electrons. The fourth-order valence-corrected chi connectivity index (χ4v) is 3.95. The molecule has 10 heteroatoms. The highest BCUT2D eigenvalue weighted by atomic mass is 16.6. The lowest BCUT2D eigenvalue weighted by Crippen LogP contribution is -2.40. The lowest BCUT2D eigenvalue weighted by atomic mass is 9.91. The molecule has 0 aliphatic heterocycles. The lowest BCUT2D eigenvalue weighted by molar-refractivity contribution is -0.385. The lowest BCUT2D eigenvalue weighted by Gasteiger charge is -2.29. The second-order valence-corrected chi connectivity index (χ2v) is 8.11. The van der Waals surface area contributed by atoms with E-state index >= 15 is 0 Å². The topological polar surface area (TPSA) is 126 Å². The number of para-hydroxylation sites is 1. The number of anilines is 2. The first kappa shape index (κ1) is 21.4. The van der Waals surface area contributed by atoms with Gasteiger partial charge in [-0.05, 0) is 37.8 Å². The van der Waals surface area contributed by atoms with E-state index in [4.69, 9.17) is 4.98 Å². The number of hydrogen-bond donors (Lipinski definition) is 2. The third-order valence-corrected chi connectivity index (χ3v) is 5.59. The first-order chi connectivity index (χ1) is 15.4. The van der Waals surface area contributed by atoms with E-state index in [2.05, 4.69) is 20.6 Å². The number of nitro groups is 1. The third-order valence-electron chi connectivity index (χ3n) is 5.59. The number of fused-ring (bicyclic) bond motifs is 1. The van der Waals surface area contributed by atoms with Crippen LogP contribution in [0.3, 0.4) is 0 Å². The quantitative estimate of drug-likeness (QED) is 0.447. The second kappa shape index (κ2) is 9.13. The number of nitrogens with one attached hydrogen (secondary N) is 2. The SMILES string of the molecule is CN(C)c1nc(NC2CCC(NC(=O)c3cc([N+](=O)[O-])ccn3)CC2)nc2ccccc12. The van der Waals surface area contributed by atoms with E-state index < -0.39 is 10.8 Å². The number of carbonyl (C=O) groups excluding carboxylic acids is 1. The summed E-state index contributed by atoms with van der Waals surface area (Å²) in [5.74, 6) is 1.07. The van der Waals surface area contributed by atoms with Crippen molar-refractivity contribution in [3.05, 3.63) is 58.4 Å². The Morgan fingerprint density at radius 1 is 1.09 bits per heavy atom. The van der Waals surface area contributed by atoms with Gasteiger partial charge in [-0.25, -0.2) is 4.98 Å². The van der Waals surface area contributed by atoms with Crippen LogP contribution >= 0.6 is 0 Å². The average Bonchev–Trinajstić information content (AvgIpc) is 2.79. The zero-order chi connectivity index (χ0) is 22.7. The van der Waals surface area contributed by atoms with Gasteiger partial charge < -0.3 is 15.5 Å². The maximum atomic E-state index is 12.4. The van der Waals surface area contributed by atoms with Crippen LogP contribution in [0.15, 0.2) is 42.6 Å². The molecule has 1 aliphatic rings. The number of rotatable bonds is 6. The summed E-state index contributed by atoms with van der Waals surface area (Å²) >= 11 is 0. The van der Waals surface area contributed by atoms with Gasteiger partial charge in [0.05, 0.1) is 10.4 Å². The normalized spacial score (nSPS) is 18.2. The number of amides is 1. The molecular formula is C22H25N7O3. The molecule has 2 heterocycles. The van der Waals surface area contributed by atoms with Gasteiger partial charge >= 0.3 is 0 Å². The van der Waals surface area contributed by atoms with Crippen LogP contribution in [0.1, 0.15) is 36.2 Å². The smallest absolute Gasteiger partial charge is 0.273 e. The molecule has 0 spiro atoms. The largest absolute Gasteiger partial charge is 0.362 e. The van der Waals surface area contributed by atoms with Gasteiger partial charge in [-0.1, -0.05) is 12.1 Å². The number of nitrogens with zero attached hydrogens (tertiary/aromatic N) is 5. The van der Waals surface area contributed by atoms with E-state index in [1.165, 1.54) is 18.3 Å². The van der Waals surface area contributed by atoms with Crippen molar-refractivity contribution < 1.29 is 9.72 Å². The molecule has 1 amide bonds. The zero-order valence-electron chi connectivity index (χ0n) is 18.0. The molecule has 0 radical (unpaired) electrons. The molecule has 0 saturated heterocycles. The molecule has 4 rings (SSSR count). The Labute approximate surface area is 185 Å². The maximum Gasteiger partial charge on any atom is 0.273 e. The van der Waals surface area contributed by atoms with Crippen LogP contribution in [0.4, 0.5) is 17.5 Å². The van der Waals surface area contributed by atoms with Crippen LogP contribution in [-0.4, -0.2) is 52.0 Å². The summed E-state index contributed by atoms with van der Waals surface area (Å²) in [6, 6.07) is 10.6. The van der Waals surface area contributed by atoms with Crippen LogP contribution in [0.5, 0.6) is 0 Å². The molecule has 2 aromatic heterocycles. The first-order valence-corrected chi connectivity index (χ1v) is 10.5. The minimum atomic E-state index is -0.536. The summed E-state index contributed by atoms with van der Waals surface area (Å²) in [6.45, 7) is 0. The summed E-state index contributed by atoms with van der Waals surface area (Å²) in [4.78, 5) is 38.1. The highest BCUT2D eigenvalue weighted by molar-refractivity contribution is 5.93. The molecule has 1 saturated carbocycles.